The first-order valence-corrected chi connectivity index (χ1v) is 9.81. The van der Waals surface area contributed by atoms with Crippen molar-refractivity contribution in [2.45, 2.75) is 13.8 Å². The summed E-state index contributed by atoms with van der Waals surface area (Å²) in [5.74, 6) is 0.594. The van der Waals surface area contributed by atoms with Crippen LogP contribution >= 0.6 is 11.6 Å². The number of ether oxygens (including phenoxy) is 1. The molecule has 0 bridgehead atoms. The number of halogens is 1. The minimum absolute atomic E-state index is 0.207. The van der Waals surface area contributed by atoms with Crippen molar-refractivity contribution in [3.63, 3.8) is 0 Å². The summed E-state index contributed by atoms with van der Waals surface area (Å²) >= 11 is 6.06. The number of nitriles is 1. The van der Waals surface area contributed by atoms with Gasteiger partial charge in [0, 0.05) is 10.4 Å². The molecule has 0 radical (unpaired) electrons. The highest BCUT2D eigenvalue weighted by molar-refractivity contribution is 6.31. The van der Waals surface area contributed by atoms with E-state index in [0.29, 0.717) is 16.6 Å². The summed E-state index contributed by atoms with van der Waals surface area (Å²) in [5.41, 5.74) is 3.31. The van der Waals surface area contributed by atoms with Crippen molar-refractivity contribution in [1.29, 1.82) is 5.26 Å². The molecule has 154 valence electrons. The molecular formula is C23H18ClN5O2. The van der Waals surface area contributed by atoms with Crippen molar-refractivity contribution in [3.05, 3.63) is 75.9 Å². The molecule has 4 aromatic rings. The topological polar surface area (TPSA) is 92.8 Å². The first-order chi connectivity index (χ1) is 14.9. The molecule has 1 N–H and O–H groups in total. The van der Waals surface area contributed by atoms with Gasteiger partial charge >= 0.3 is 0 Å². The Hall–Kier alpha value is -3.89. The zero-order chi connectivity index (χ0) is 22.1. The summed E-state index contributed by atoms with van der Waals surface area (Å²) in [6.45, 7) is 3.97. The van der Waals surface area contributed by atoms with Gasteiger partial charge in [-0.15, -0.1) is 0 Å². The second-order valence-corrected chi connectivity index (χ2v) is 7.43. The lowest BCUT2D eigenvalue weighted by molar-refractivity contribution is 0.102. The predicted octanol–water partition coefficient (Wildman–Crippen LogP) is 4.82. The standard InChI is InChI=1S/C23H18ClN5O2/c1-13-5-4-6-17-14(2)9-20(27-21(13)17)29-22(15(11-25)12-26-29)28-23(30)18-10-16(24)7-8-19(18)31-3/h4-10,12H,1-3H3,(H,28,30). The van der Waals surface area contributed by atoms with Gasteiger partial charge in [0.25, 0.3) is 5.91 Å². The zero-order valence-electron chi connectivity index (χ0n) is 17.1. The lowest BCUT2D eigenvalue weighted by Crippen LogP contribution is -2.17. The molecule has 0 fully saturated rings. The van der Waals surface area contributed by atoms with Crippen molar-refractivity contribution >= 4 is 34.2 Å². The van der Waals surface area contributed by atoms with Gasteiger partial charge in [-0.1, -0.05) is 29.8 Å². The average molecular weight is 432 g/mol. The monoisotopic (exact) mass is 431 g/mol. The van der Waals surface area contributed by atoms with Crippen molar-refractivity contribution in [2.24, 2.45) is 0 Å². The van der Waals surface area contributed by atoms with Gasteiger partial charge in [0.1, 0.15) is 17.4 Å². The number of carbonyl (C=O) groups excluding carboxylic acids is 1. The number of pyridine rings is 1. The molecule has 0 saturated heterocycles. The molecule has 7 nitrogen and oxygen atoms in total. The van der Waals surface area contributed by atoms with Crippen molar-refractivity contribution < 1.29 is 9.53 Å². The number of para-hydroxylation sites is 1. The van der Waals surface area contributed by atoms with Crippen LogP contribution in [0.3, 0.4) is 0 Å². The van der Waals surface area contributed by atoms with Crippen LogP contribution in [0.4, 0.5) is 5.82 Å². The molecular weight excluding hydrogens is 414 g/mol. The third-order valence-electron chi connectivity index (χ3n) is 4.98. The Morgan fingerprint density at radius 2 is 2.00 bits per heavy atom. The number of fused-ring (bicyclic) bond motifs is 1. The predicted molar refractivity (Wildman–Crippen MR) is 119 cm³/mol. The number of amides is 1. The Bertz CT molecular complexity index is 1370. The van der Waals surface area contributed by atoms with E-state index < -0.39 is 5.91 Å². The molecule has 0 aliphatic rings. The van der Waals surface area contributed by atoms with E-state index in [4.69, 9.17) is 21.3 Å². The van der Waals surface area contributed by atoms with Crippen molar-refractivity contribution in [3.8, 4) is 17.6 Å². The van der Waals surface area contributed by atoms with Gasteiger partial charge in [0.15, 0.2) is 11.6 Å². The maximum absolute atomic E-state index is 13.0. The fourth-order valence-electron chi connectivity index (χ4n) is 3.41. The minimum Gasteiger partial charge on any atom is -0.496 e. The second-order valence-electron chi connectivity index (χ2n) is 7.00. The van der Waals surface area contributed by atoms with E-state index in [9.17, 15) is 10.1 Å². The number of rotatable bonds is 4. The fourth-order valence-corrected chi connectivity index (χ4v) is 3.58. The van der Waals surface area contributed by atoms with E-state index in [0.717, 1.165) is 22.0 Å². The van der Waals surface area contributed by atoms with Crippen LogP contribution in [-0.4, -0.2) is 27.8 Å². The number of benzene rings is 2. The van der Waals surface area contributed by atoms with Gasteiger partial charge in [-0.3, -0.25) is 4.79 Å². The number of nitrogens with zero attached hydrogens (tertiary/aromatic N) is 4. The number of aromatic nitrogens is 3. The number of hydrogen-bond acceptors (Lipinski definition) is 5. The van der Waals surface area contributed by atoms with Gasteiger partial charge in [-0.25, -0.2) is 4.98 Å². The molecule has 2 aromatic heterocycles. The van der Waals surface area contributed by atoms with Gasteiger partial charge in [-0.05, 0) is 49.2 Å². The normalized spacial score (nSPS) is 10.7. The van der Waals surface area contributed by atoms with Crippen LogP contribution in [0, 0.1) is 25.2 Å². The zero-order valence-corrected chi connectivity index (χ0v) is 17.9. The summed E-state index contributed by atoms with van der Waals surface area (Å²) in [6.07, 6.45) is 1.39. The molecule has 0 spiro atoms. The maximum atomic E-state index is 13.0. The van der Waals surface area contributed by atoms with Gasteiger partial charge in [0.05, 0.1) is 24.4 Å². The molecule has 2 aromatic carbocycles. The molecule has 0 unspecified atom stereocenters. The van der Waals surface area contributed by atoms with E-state index in [2.05, 4.69) is 16.5 Å². The first-order valence-electron chi connectivity index (χ1n) is 9.43. The summed E-state index contributed by atoms with van der Waals surface area (Å²) in [5, 5.41) is 18.1. The molecule has 0 aliphatic heterocycles. The fraction of sp³-hybridized carbons (Fsp3) is 0.130. The van der Waals surface area contributed by atoms with E-state index in [1.54, 1.807) is 12.1 Å². The number of hydrogen-bond donors (Lipinski definition) is 1. The van der Waals surface area contributed by atoms with Crippen LogP contribution in [-0.2, 0) is 0 Å². The molecule has 4 rings (SSSR count). The maximum Gasteiger partial charge on any atom is 0.260 e. The Morgan fingerprint density at radius 1 is 1.19 bits per heavy atom. The largest absolute Gasteiger partial charge is 0.496 e. The summed E-state index contributed by atoms with van der Waals surface area (Å²) in [7, 11) is 1.47. The molecule has 0 aliphatic carbocycles. The van der Waals surface area contributed by atoms with Crippen LogP contribution < -0.4 is 10.1 Å². The Balaban J connectivity index is 1.82. The van der Waals surface area contributed by atoms with Gasteiger partial charge < -0.3 is 10.1 Å². The van der Waals surface area contributed by atoms with E-state index >= 15 is 0 Å². The molecule has 8 heteroatoms. The second kappa shape index (κ2) is 8.09. The third kappa shape index (κ3) is 3.69. The highest BCUT2D eigenvalue weighted by atomic mass is 35.5. The number of methoxy groups -OCH3 is 1. The number of carbonyl (C=O) groups is 1. The minimum atomic E-state index is -0.480. The SMILES string of the molecule is COc1ccc(Cl)cc1C(=O)Nc1c(C#N)cnn1-c1cc(C)c2cccc(C)c2n1. The lowest BCUT2D eigenvalue weighted by atomic mass is 10.1. The lowest BCUT2D eigenvalue weighted by Gasteiger charge is -2.13. The van der Waals surface area contributed by atoms with Crippen LogP contribution in [0.1, 0.15) is 27.0 Å². The smallest absolute Gasteiger partial charge is 0.260 e. The number of aryl methyl sites for hydroxylation is 2. The van der Waals surface area contributed by atoms with Gasteiger partial charge in [-0.2, -0.15) is 15.0 Å². The molecule has 31 heavy (non-hydrogen) atoms. The highest BCUT2D eigenvalue weighted by Gasteiger charge is 2.20. The van der Waals surface area contributed by atoms with Gasteiger partial charge in [0.2, 0.25) is 0 Å². The average Bonchev–Trinajstić information content (AvgIpc) is 3.16. The van der Waals surface area contributed by atoms with Crippen LogP contribution in [0.15, 0.2) is 48.7 Å². The summed E-state index contributed by atoms with van der Waals surface area (Å²) < 4.78 is 6.72. The molecule has 1 amide bonds. The Labute approximate surface area is 183 Å². The van der Waals surface area contributed by atoms with Crippen LogP contribution in [0.2, 0.25) is 5.02 Å². The van der Waals surface area contributed by atoms with Crippen LogP contribution in [0.5, 0.6) is 5.75 Å². The van der Waals surface area contributed by atoms with Crippen molar-refractivity contribution in [2.75, 3.05) is 12.4 Å². The number of anilines is 1. The summed E-state index contributed by atoms with van der Waals surface area (Å²) in [4.78, 5) is 17.7. The quantitative estimate of drug-likeness (QED) is 0.499. The Morgan fingerprint density at radius 3 is 2.74 bits per heavy atom. The van der Waals surface area contributed by atoms with E-state index in [-0.39, 0.29) is 16.9 Å². The molecule has 0 saturated carbocycles. The van der Waals surface area contributed by atoms with Crippen LogP contribution in [0.25, 0.3) is 16.7 Å². The third-order valence-corrected chi connectivity index (χ3v) is 5.21. The van der Waals surface area contributed by atoms with E-state index in [1.165, 1.54) is 24.1 Å². The highest BCUT2D eigenvalue weighted by Crippen LogP contribution is 2.27. The molecule has 0 atom stereocenters. The number of nitrogens with one attached hydrogen (secondary N) is 1. The van der Waals surface area contributed by atoms with E-state index in [1.807, 2.05) is 38.1 Å². The summed E-state index contributed by atoms with van der Waals surface area (Å²) in [6, 6.07) is 14.6. The first kappa shape index (κ1) is 20.4. The van der Waals surface area contributed by atoms with Crippen molar-refractivity contribution in [1.82, 2.24) is 14.8 Å². The molecule has 2 heterocycles. The Kier molecular flexibility index (Phi) is 5.32.